The quantitative estimate of drug-likeness (QED) is 0.580. The number of carbonyl (C=O) groups is 1. The van der Waals surface area contributed by atoms with Gasteiger partial charge in [-0.2, -0.15) is 0 Å². The maximum Gasteiger partial charge on any atom is 0.340 e. The van der Waals surface area contributed by atoms with Crippen molar-refractivity contribution in [3.8, 4) is 0 Å². The second-order valence-electron chi connectivity index (χ2n) is 4.54. The molecule has 0 saturated carbocycles. The summed E-state index contributed by atoms with van der Waals surface area (Å²) in [6, 6.07) is 4.59. The minimum Gasteiger partial charge on any atom is -0.465 e. The highest BCUT2D eigenvalue weighted by molar-refractivity contribution is 5.89. The number of benzene rings is 1. The van der Waals surface area contributed by atoms with E-state index in [1.807, 2.05) is 0 Å². The summed E-state index contributed by atoms with van der Waals surface area (Å²) in [7, 11) is 1.24. The van der Waals surface area contributed by atoms with Crippen molar-refractivity contribution >= 4 is 5.97 Å². The van der Waals surface area contributed by atoms with E-state index in [1.54, 1.807) is 6.07 Å². The van der Waals surface area contributed by atoms with Crippen LogP contribution in [0.3, 0.4) is 0 Å². The maximum absolute atomic E-state index is 13.6. The molecule has 0 bridgehead atoms. The van der Waals surface area contributed by atoms with Gasteiger partial charge in [0.2, 0.25) is 0 Å². The molecular formula is C15H22FNO2. The van der Waals surface area contributed by atoms with Gasteiger partial charge in [-0.05, 0) is 30.7 Å². The molecule has 0 radical (unpaired) electrons. The van der Waals surface area contributed by atoms with Gasteiger partial charge in [-0.3, -0.25) is 0 Å². The van der Waals surface area contributed by atoms with Crippen LogP contribution in [0.15, 0.2) is 18.2 Å². The predicted octanol–water partition coefficient (Wildman–Crippen LogP) is 3.28. The van der Waals surface area contributed by atoms with Crippen LogP contribution in [0.2, 0.25) is 0 Å². The monoisotopic (exact) mass is 267 g/mol. The highest BCUT2D eigenvalue weighted by atomic mass is 19.1. The van der Waals surface area contributed by atoms with Crippen LogP contribution in [-0.2, 0) is 11.3 Å². The fourth-order valence-corrected chi connectivity index (χ4v) is 1.85. The van der Waals surface area contributed by atoms with Gasteiger partial charge < -0.3 is 10.1 Å². The van der Waals surface area contributed by atoms with Crippen LogP contribution >= 0.6 is 0 Å². The number of halogens is 1. The lowest BCUT2D eigenvalue weighted by atomic mass is 10.1. The van der Waals surface area contributed by atoms with E-state index in [2.05, 4.69) is 17.0 Å². The van der Waals surface area contributed by atoms with Crippen molar-refractivity contribution in [3.05, 3.63) is 35.1 Å². The zero-order chi connectivity index (χ0) is 14.1. The van der Waals surface area contributed by atoms with Crippen LogP contribution in [0, 0.1) is 5.82 Å². The molecule has 3 nitrogen and oxygen atoms in total. The topological polar surface area (TPSA) is 38.3 Å². The Morgan fingerprint density at radius 1 is 1.32 bits per heavy atom. The molecule has 0 unspecified atom stereocenters. The molecule has 0 aromatic heterocycles. The van der Waals surface area contributed by atoms with Crippen molar-refractivity contribution in [1.29, 1.82) is 0 Å². The smallest absolute Gasteiger partial charge is 0.340 e. The van der Waals surface area contributed by atoms with Crippen molar-refractivity contribution in [2.24, 2.45) is 0 Å². The molecule has 4 heteroatoms. The maximum atomic E-state index is 13.6. The summed E-state index contributed by atoms with van der Waals surface area (Å²) in [5.41, 5.74) is 0.815. The lowest BCUT2D eigenvalue weighted by Gasteiger charge is -2.07. The number of nitrogens with one attached hydrogen (secondary N) is 1. The van der Waals surface area contributed by atoms with E-state index in [0.29, 0.717) is 6.54 Å². The summed E-state index contributed by atoms with van der Waals surface area (Å²) < 4.78 is 18.1. The first-order valence-electron chi connectivity index (χ1n) is 6.76. The number of methoxy groups -OCH3 is 1. The van der Waals surface area contributed by atoms with E-state index in [-0.39, 0.29) is 5.56 Å². The first-order chi connectivity index (χ1) is 9.19. The van der Waals surface area contributed by atoms with Crippen LogP contribution in [0.4, 0.5) is 4.39 Å². The van der Waals surface area contributed by atoms with Crippen LogP contribution < -0.4 is 5.32 Å². The highest BCUT2D eigenvalue weighted by Crippen LogP contribution is 2.11. The van der Waals surface area contributed by atoms with Crippen molar-refractivity contribution < 1.29 is 13.9 Å². The summed E-state index contributed by atoms with van der Waals surface area (Å²) in [4.78, 5) is 11.2. The third-order valence-electron chi connectivity index (χ3n) is 2.98. The van der Waals surface area contributed by atoms with Gasteiger partial charge in [-0.15, -0.1) is 0 Å². The van der Waals surface area contributed by atoms with Gasteiger partial charge in [-0.1, -0.05) is 32.3 Å². The lowest BCUT2D eigenvalue weighted by molar-refractivity contribution is 0.0595. The van der Waals surface area contributed by atoms with E-state index in [0.717, 1.165) is 18.5 Å². The molecule has 1 rings (SSSR count). The Morgan fingerprint density at radius 3 is 2.74 bits per heavy atom. The van der Waals surface area contributed by atoms with Crippen LogP contribution in [0.25, 0.3) is 0 Å². The van der Waals surface area contributed by atoms with E-state index >= 15 is 0 Å². The molecular weight excluding hydrogens is 245 g/mol. The number of unbranched alkanes of at least 4 members (excludes halogenated alkanes) is 3. The molecule has 1 aromatic rings. The summed E-state index contributed by atoms with van der Waals surface area (Å²) >= 11 is 0. The lowest BCUT2D eigenvalue weighted by Crippen LogP contribution is -2.15. The van der Waals surface area contributed by atoms with Crippen molar-refractivity contribution in [2.75, 3.05) is 13.7 Å². The number of hydrogen-bond donors (Lipinski definition) is 1. The number of rotatable bonds is 8. The molecule has 0 amide bonds. The number of ether oxygens (including phenoxy) is 1. The Hall–Kier alpha value is -1.42. The molecule has 0 spiro atoms. The Kier molecular flexibility index (Phi) is 7.11. The average molecular weight is 267 g/mol. The summed E-state index contributed by atoms with van der Waals surface area (Å²) in [5, 5.41) is 3.27. The Bertz CT molecular complexity index is 407. The van der Waals surface area contributed by atoms with Crippen LogP contribution in [0.1, 0.15) is 48.5 Å². The number of carbonyl (C=O) groups excluding carboxylic acids is 1. The third-order valence-corrected chi connectivity index (χ3v) is 2.98. The molecule has 0 saturated heterocycles. The minimum absolute atomic E-state index is 0.0193. The molecule has 0 aliphatic heterocycles. The van der Waals surface area contributed by atoms with E-state index < -0.39 is 11.8 Å². The number of hydrogen-bond acceptors (Lipinski definition) is 3. The second kappa shape index (κ2) is 8.64. The molecule has 0 aliphatic rings. The van der Waals surface area contributed by atoms with Crippen LogP contribution in [-0.4, -0.2) is 19.6 Å². The third kappa shape index (κ3) is 5.39. The standard InChI is InChI=1S/C15H22FNO2/c1-3-4-5-6-9-17-11-12-7-8-13(14(16)10-12)15(18)19-2/h7-8,10,17H,3-6,9,11H2,1-2H3. The zero-order valence-corrected chi connectivity index (χ0v) is 11.7. The van der Waals surface area contributed by atoms with Gasteiger partial charge >= 0.3 is 5.97 Å². The summed E-state index contributed by atoms with van der Waals surface area (Å²) in [5.74, 6) is -1.17. The number of esters is 1. The highest BCUT2D eigenvalue weighted by Gasteiger charge is 2.11. The molecule has 0 heterocycles. The van der Waals surface area contributed by atoms with Crippen LogP contribution in [0.5, 0.6) is 0 Å². The molecule has 1 aromatic carbocycles. The van der Waals surface area contributed by atoms with Crippen molar-refractivity contribution in [1.82, 2.24) is 5.32 Å². The molecule has 19 heavy (non-hydrogen) atoms. The Morgan fingerprint density at radius 2 is 2.11 bits per heavy atom. The Balaban J connectivity index is 2.39. The molecule has 1 N–H and O–H groups in total. The fraction of sp³-hybridized carbons (Fsp3) is 0.533. The summed E-state index contributed by atoms with van der Waals surface area (Å²) in [6.45, 7) is 3.73. The van der Waals surface area contributed by atoms with Gasteiger partial charge in [0.15, 0.2) is 0 Å². The normalized spacial score (nSPS) is 10.5. The molecule has 106 valence electrons. The first kappa shape index (κ1) is 15.6. The average Bonchev–Trinajstić information content (AvgIpc) is 2.42. The molecule has 0 fully saturated rings. The predicted molar refractivity (Wildman–Crippen MR) is 73.6 cm³/mol. The van der Waals surface area contributed by atoms with E-state index in [9.17, 15) is 9.18 Å². The first-order valence-corrected chi connectivity index (χ1v) is 6.76. The van der Waals surface area contributed by atoms with E-state index in [4.69, 9.17) is 0 Å². The van der Waals surface area contributed by atoms with Gasteiger partial charge in [0.25, 0.3) is 0 Å². The van der Waals surface area contributed by atoms with E-state index in [1.165, 1.54) is 38.5 Å². The van der Waals surface area contributed by atoms with Gasteiger partial charge in [-0.25, -0.2) is 9.18 Å². The minimum atomic E-state index is -0.642. The van der Waals surface area contributed by atoms with Crippen molar-refractivity contribution in [2.45, 2.75) is 39.2 Å². The van der Waals surface area contributed by atoms with Crippen molar-refractivity contribution in [3.63, 3.8) is 0 Å². The second-order valence-corrected chi connectivity index (χ2v) is 4.54. The fourth-order valence-electron chi connectivity index (χ4n) is 1.85. The zero-order valence-electron chi connectivity index (χ0n) is 11.7. The largest absolute Gasteiger partial charge is 0.465 e. The summed E-state index contributed by atoms with van der Waals surface area (Å²) in [6.07, 6.45) is 4.83. The van der Waals surface area contributed by atoms with Gasteiger partial charge in [0.05, 0.1) is 12.7 Å². The van der Waals surface area contributed by atoms with Gasteiger partial charge in [0, 0.05) is 6.54 Å². The molecule has 0 aliphatic carbocycles. The Labute approximate surface area is 114 Å². The van der Waals surface area contributed by atoms with Gasteiger partial charge in [0.1, 0.15) is 5.82 Å². The SMILES string of the molecule is CCCCCCNCc1ccc(C(=O)OC)c(F)c1. The molecule has 0 atom stereocenters.